The van der Waals surface area contributed by atoms with E-state index in [0.29, 0.717) is 12.8 Å². The Morgan fingerprint density at radius 3 is 2.52 bits per heavy atom. The number of carboxylic acid groups (broad SMARTS) is 1. The Bertz CT molecular complexity index is 831. The number of rotatable bonds is 6. The van der Waals surface area contributed by atoms with E-state index in [4.69, 9.17) is 13.9 Å². The third-order valence-corrected chi connectivity index (χ3v) is 12.2. The van der Waals surface area contributed by atoms with E-state index in [0.717, 1.165) is 5.56 Å². The summed E-state index contributed by atoms with van der Waals surface area (Å²) in [6, 6.07) is 9.50. The van der Waals surface area contributed by atoms with Gasteiger partial charge in [0.25, 0.3) is 0 Å². The van der Waals surface area contributed by atoms with Crippen LogP contribution in [0.1, 0.15) is 39.2 Å². The quantitative estimate of drug-likeness (QED) is 0.560. The van der Waals surface area contributed by atoms with E-state index in [-0.39, 0.29) is 23.7 Å². The molecule has 4 fully saturated rings. The highest BCUT2D eigenvalue weighted by Crippen LogP contribution is 2.70. The van der Waals surface area contributed by atoms with Gasteiger partial charge in [-0.05, 0) is 30.1 Å². The fraction of sp³-hybridized carbons (Fsp3) is 0.636. The van der Waals surface area contributed by atoms with Crippen molar-refractivity contribution in [3.63, 3.8) is 0 Å². The lowest BCUT2D eigenvalue weighted by atomic mass is 9.43. The maximum atomic E-state index is 13.0. The molecule has 3 aliphatic carbocycles. The number of ether oxygens (including phenoxy) is 2. The van der Waals surface area contributed by atoms with Gasteiger partial charge in [-0.1, -0.05) is 51.1 Å². The Morgan fingerprint density at radius 2 is 1.93 bits per heavy atom. The monoisotopic (exact) mass is 418 g/mol. The molecule has 0 aromatic heterocycles. The summed E-state index contributed by atoms with van der Waals surface area (Å²) in [6.45, 7) is 11.0. The number of hydrogen-bond donors (Lipinski definition) is 1. The molecule has 4 aliphatic rings. The van der Waals surface area contributed by atoms with Crippen LogP contribution in [0.25, 0.3) is 0 Å². The van der Waals surface area contributed by atoms with Crippen LogP contribution in [-0.4, -0.2) is 43.2 Å². The number of hydrogen-bond acceptors (Lipinski definition) is 5. The summed E-state index contributed by atoms with van der Waals surface area (Å²) in [5.41, 5.74) is -1.88. The van der Waals surface area contributed by atoms with Crippen LogP contribution in [-0.2, 0) is 30.1 Å². The van der Waals surface area contributed by atoms with Crippen molar-refractivity contribution < 1.29 is 28.6 Å². The molecule has 0 spiro atoms. The smallest absolute Gasteiger partial charge is 0.340 e. The SMILES string of the molecule is CC(C)(C)[Si](C)(C)O[C@H]1C[C@H]2OC(=O)[C@@]3(OCc4ccccc4)[C@@H]1C[C@@]23C(=O)O. The predicted molar refractivity (Wildman–Crippen MR) is 109 cm³/mol. The summed E-state index contributed by atoms with van der Waals surface area (Å²) in [6.07, 6.45) is -0.161. The molecule has 1 aromatic carbocycles. The molecule has 0 radical (unpaired) electrons. The van der Waals surface area contributed by atoms with Crippen molar-refractivity contribution in [3.05, 3.63) is 35.9 Å². The molecule has 7 heteroatoms. The number of esters is 1. The minimum atomic E-state index is -2.10. The molecule has 1 heterocycles. The normalized spacial score (nSPS) is 35.8. The average molecular weight is 419 g/mol. The molecule has 0 amide bonds. The van der Waals surface area contributed by atoms with Gasteiger partial charge in [0, 0.05) is 12.3 Å². The van der Waals surface area contributed by atoms with Gasteiger partial charge in [-0.2, -0.15) is 0 Å². The van der Waals surface area contributed by atoms with Gasteiger partial charge in [0.2, 0.25) is 0 Å². The molecule has 0 unspecified atom stereocenters. The highest BCUT2D eigenvalue weighted by atomic mass is 28.4. The first-order valence-corrected chi connectivity index (χ1v) is 13.2. The second kappa shape index (κ2) is 6.40. The highest BCUT2D eigenvalue weighted by molar-refractivity contribution is 6.74. The van der Waals surface area contributed by atoms with Crippen LogP contribution in [0, 0.1) is 11.3 Å². The van der Waals surface area contributed by atoms with Gasteiger partial charge < -0.3 is 19.0 Å². The summed E-state index contributed by atoms with van der Waals surface area (Å²) in [4.78, 5) is 25.3. The number of carbonyl (C=O) groups is 2. The fourth-order valence-electron chi connectivity index (χ4n) is 5.02. The molecule has 5 atom stereocenters. The van der Waals surface area contributed by atoms with Crippen LogP contribution in [0.15, 0.2) is 30.3 Å². The molecule has 1 aromatic rings. The zero-order valence-corrected chi connectivity index (χ0v) is 18.7. The number of carbonyl (C=O) groups excluding carboxylic acids is 1. The molecule has 5 rings (SSSR count). The van der Waals surface area contributed by atoms with Crippen molar-refractivity contribution in [2.45, 2.75) is 76.2 Å². The second-order valence-corrected chi connectivity index (χ2v) is 14.9. The molecule has 1 N–H and O–H groups in total. The third-order valence-electron chi connectivity index (χ3n) is 7.67. The molecule has 1 aliphatic heterocycles. The maximum absolute atomic E-state index is 13.0. The van der Waals surface area contributed by atoms with Gasteiger partial charge in [-0.15, -0.1) is 0 Å². The lowest BCUT2D eigenvalue weighted by Crippen LogP contribution is -2.77. The predicted octanol–water partition coefficient (Wildman–Crippen LogP) is 3.75. The van der Waals surface area contributed by atoms with E-state index in [1.807, 2.05) is 30.3 Å². The van der Waals surface area contributed by atoms with E-state index < -0.39 is 37.4 Å². The molecule has 1 saturated heterocycles. The minimum absolute atomic E-state index is 0.0139. The zero-order valence-electron chi connectivity index (χ0n) is 17.7. The van der Waals surface area contributed by atoms with Crippen molar-refractivity contribution in [2.24, 2.45) is 11.3 Å². The van der Waals surface area contributed by atoms with Gasteiger partial charge in [-0.3, -0.25) is 4.79 Å². The lowest BCUT2D eigenvalue weighted by molar-refractivity contribution is -0.271. The van der Waals surface area contributed by atoms with Crippen LogP contribution in [0.2, 0.25) is 18.1 Å². The Kier molecular flexibility index (Phi) is 4.54. The van der Waals surface area contributed by atoms with Gasteiger partial charge in [0.1, 0.15) is 11.5 Å². The first-order valence-electron chi connectivity index (χ1n) is 10.3. The number of carboxylic acids is 1. The maximum Gasteiger partial charge on any atom is 0.340 e. The first-order chi connectivity index (χ1) is 13.5. The van der Waals surface area contributed by atoms with Crippen molar-refractivity contribution in [1.82, 2.24) is 0 Å². The fourth-order valence-corrected chi connectivity index (χ4v) is 6.39. The van der Waals surface area contributed by atoms with E-state index >= 15 is 0 Å². The zero-order chi connectivity index (χ0) is 21.2. The largest absolute Gasteiger partial charge is 0.481 e. The minimum Gasteiger partial charge on any atom is -0.481 e. The standard InChI is InChI=1S/C22H30O6Si/c1-20(2,3)29(4,5)28-16-11-17-21(18(23)24)12-15(16)22(21,19(25)27-17)26-13-14-9-7-6-8-10-14/h6-10,15-17H,11-13H2,1-5H3,(H,23,24)/t15-,16+,17-,21+,22+/m1/s1. The highest BCUT2D eigenvalue weighted by Gasteiger charge is 2.87. The second-order valence-electron chi connectivity index (χ2n) is 10.1. The van der Waals surface area contributed by atoms with Crippen LogP contribution >= 0.6 is 0 Å². The lowest BCUT2D eigenvalue weighted by Gasteiger charge is -2.62. The van der Waals surface area contributed by atoms with Crippen molar-refractivity contribution >= 4 is 20.3 Å². The van der Waals surface area contributed by atoms with E-state index in [1.54, 1.807) is 0 Å². The van der Waals surface area contributed by atoms with Crippen LogP contribution in [0.4, 0.5) is 0 Å². The van der Waals surface area contributed by atoms with Gasteiger partial charge in [0.15, 0.2) is 13.9 Å². The van der Waals surface area contributed by atoms with Crippen molar-refractivity contribution in [1.29, 1.82) is 0 Å². The van der Waals surface area contributed by atoms with Crippen molar-refractivity contribution in [2.75, 3.05) is 0 Å². The average Bonchev–Trinajstić information content (AvgIpc) is 2.72. The topological polar surface area (TPSA) is 82.1 Å². The Balaban J connectivity index is 1.67. The first kappa shape index (κ1) is 20.6. The Labute approximate surface area is 172 Å². The van der Waals surface area contributed by atoms with Gasteiger partial charge in [-0.25, -0.2) is 4.79 Å². The van der Waals surface area contributed by atoms with E-state index in [9.17, 15) is 14.7 Å². The summed E-state index contributed by atoms with van der Waals surface area (Å²) >= 11 is 0. The third kappa shape index (κ3) is 2.67. The van der Waals surface area contributed by atoms with Crippen LogP contribution < -0.4 is 0 Å². The molecule has 29 heavy (non-hydrogen) atoms. The molecule has 3 saturated carbocycles. The Hall–Kier alpha value is -1.70. The molecule has 158 valence electrons. The van der Waals surface area contributed by atoms with Crippen molar-refractivity contribution in [3.8, 4) is 0 Å². The molecular formula is C22H30O6Si. The summed E-state index contributed by atoms with van der Waals surface area (Å²) in [5, 5.41) is 10.1. The number of aliphatic carboxylic acids is 1. The summed E-state index contributed by atoms with van der Waals surface area (Å²) in [7, 11) is -2.10. The van der Waals surface area contributed by atoms with Crippen LogP contribution in [0.5, 0.6) is 0 Å². The van der Waals surface area contributed by atoms with E-state index in [2.05, 4.69) is 33.9 Å². The molecular weight excluding hydrogens is 388 g/mol. The summed E-state index contributed by atoms with van der Waals surface area (Å²) < 4.78 is 18.5. The summed E-state index contributed by atoms with van der Waals surface area (Å²) in [5.74, 6) is -1.86. The van der Waals surface area contributed by atoms with Crippen LogP contribution in [0.3, 0.4) is 0 Å². The van der Waals surface area contributed by atoms with E-state index in [1.165, 1.54) is 0 Å². The number of fused-ring (bicyclic) bond motifs is 1. The Morgan fingerprint density at radius 1 is 1.28 bits per heavy atom. The molecule has 6 nitrogen and oxygen atoms in total. The van der Waals surface area contributed by atoms with Gasteiger partial charge >= 0.3 is 11.9 Å². The molecule has 4 bridgehead atoms. The number of benzene rings is 1. The van der Waals surface area contributed by atoms with Gasteiger partial charge in [0.05, 0.1) is 12.7 Å².